The number of hydrogen-bond acceptors (Lipinski definition) is 5. The predicted molar refractivity (Wildman–Crippen MR) is 97.7 cm³/mol. The van der Waals surface area contributed by atoms with Crippen molar-refractivity contribution in [3.8, 4) is 5.75 Å². The molecule has 2 N–H and O–H groups in total. The summed E-state index contributed by atoms with van der Waals surface area (Å²) in [6.45, 7) is 0. The summed E-state index contributed by atoms with van der Waals surface area (Å²) in [7, 11) is 1.55. The van der Waals surface area contributed by atoms with Gasteiger partial charge in [-0.2, -0.15) is 0 Å². The maximum atomic E-state index is 12.2. The summed E-state index contributed by atoms with van der Waals surface area (Å²) in [6.07, 6.45) is 0. The first-order valence-corrected chi connectivity index (χ1v) is 7.84. The second kappa shape index (κ2) is 7.63. The van der Waals surface area contributed by atoms with Gasteiger partial charge in [-0.05, 0) is 42.5 Å². The molecule has 1 heterocycles. The Balaban J connectivity index is 1.68. The molecular weight excluding hydrogens is 340 g/mol. The average Bonchev–Trinajstić information content (AvgIpc) is 2.65. The number of amides is 1. The summed E-state index contributed by atoms with van der Waals surface area (Å²) in [6, 6.07) is 17.5. The first-order valence-electron chi connectivity index (χ1n) is 7.46. The van der Waals surface area contributed by atoms with Crippen LogP contribution < -0.4 is 15.4 Å². The van der Waals surface area contributed by atoms with Crippen LogP contribution >= 0.6 is 11.6 Å². The quantitative estimate of drug-likeness (QED) is 0.720. The van der Waals surface area contributed by atoms with Crippen molar-refractivity contribution >= 4 is 34.8 Å². The topological polar surface area (TPSA) is 76.1 Å². The lowest BCUT2D eigenvalue weighted by molar-refractivity contribution is 0.102. The molecule has 25 heavy (non-hydrogen) atoms. The Hall–Kier alpha value is -3.12. The van der Waals surface area contributed by atoms with E-state index in [0.29, 0.717) is 28.0 Å². The third-order valence-electron chi connectivity index (χ3n) is 3.37. The fraction of sp³-hybridized carbons (Fsp3) is 0.0556. The van der Waals surface area contributed by atoms with Crippen LogP contribution in [0.1, 0.15) is 10.4 Å². The first kappa shape index (κ1) is 16.7. The van der Waals surface area contributed by atoms with Gasteiger partial charge in [-0.3, -0.25) is 4.79 Å². The number of carbonyl (C=O) groups excluding carboxylic acids is 1. The molecule has 0 bridgehead atoms. The van der Waals surface area contributed by atoms with E-state index in [9.17, 15) is 4.79 Å². The Morgan fingerprint density at radius 3 is 2.48 bits per heavy atom. The number of nitrogens with zero attached hydrogens (tertiary/aromatic N) is 2. The Labute approximate surface area is 149 Å². The van der Waals surface area contributed by atoms with Crippen LogP contribution in [0.3, 0.4) is 0 Å². The number of halogens is 1. The van der Waals surface area contributed by atoms with Crippen molar-refractivity contribution < 1.29 is 9.53 Å². The lowest BCUT2D eigenvalue weighted by atomic mass is 10.2. The van der Waals surface area contributed by atoms with E-state index >= 15 is 0 Å². The summed E-state index contributed by atoms with van der Waals surface area (Å²) < 4.78 is 5.11. The van der Waals surface area contributed by atoms with E-state index in [2.05, 4.69) is 20.8 Å². The van der Waals surface area contributed by atoms with Gasteiger partial charge in [-0.1, -0.05) is 29.8 Å². The average molecular weight is 355 g/mol. The molecule has 0 aliphatic rings. The minimum absolute atomic E-state index is 0.292. The van der Waals surface area contributed by atoms with E-state index in [1.165, 1.54) is 0 Å². The van der Waals surface area contributed by atoms with Gasteiger partial charge < -0.3 is 15.4 Å². The van der Waals surface area contributed by atoms with E-state index in [-0.39, 0.29) is 5.91 Å². The number of hydrogen-bond donors (Lipinski definition) is 2. The lowest BCUT2D eigenvalue weighted by Crippen LogP contribution is -2.13. The molecule has 3 rings (SSSR count). The lowest BCUT2D eigenvalue weighted by Gasteiger charge is -2.08. The second-order valence-corrected chi connectivity index (χ2v) is 5.50. The number of anilines is 3. The maximum absolute atomic E-state index is 12.2. The molecule has 1 aromatic heterocycles. The van der Waals surface area contributed by atoms with Crippen molar-refractivity contribution in [3.05, 3.63) is 71.2 Å². The minimum atomic E-state index is -0.292. The van der Waals surface area contributed by atoms with Gasteiger partial charge in [-0.25, -0.2) is 0 Å². The van der Waals surface area contributed by atoms with Gasteiger partial charge in [0, 0.05) is 5.56 Å². The van der Waals surface area contributed by atoms with Gasteiger partial charge >= 0.3 is 0 Å². The smallest absolute Gasteiger partial charge is 0.256 e. The van der Waals surface area contributed by atoms with Crippen LogP contribution in [0.2, 0.25) is 5.02 Å². The Morgan fingerprint density at radius 2 is 1.76 bits per heavy atom. The maximum Gasteiger partial charge on any atom is 0.256 e. The zero-order chi connectivity index (χ0) is 17.6. The van der Waals surface area contributed by atoms with E-state index in [1.54, 1.807) is 49.6 Å². The third-order valence-corrected chi connectivity index (χ3v) is 3.70. The number of aromatic nitrogens is 2. The number of rotatable bonds is 5. The number of ether oxygens (including phenoxy) is 1. The largest absolute Gasteiger partial charge is 0.497 e. The molecule has 0 unspecified atom stereocenters. The van der Waals surface area contributed by atoms with Crippen LogP contribution in [0.15, 0.2) is 60.7 Å². The Morgan fingerprint density at radius 1 is 1.00 bits per heavy atom. The SMILES string of the molecule is COc1cccc(C(=O)Nc2ccc(Nc3ccccc3Cl)nn2)c1. The monoisotopic (exact) mass is 354 g/mol. The van der Waals surface area contributed by atoms with Crippen molar-refractivity contribution in [1.29, 1.82) is 0 Å². The van der Waals surface area contributed by atoms with E-state index in [0.717, 1.165) is 5.69 Å². The highest BCUT2D eigenvalue weighted by Crippen LogP contribution is 2.23. The molecule has 0 saturated heterocycles. The predicted octanol–water partition coefficient (Wildman–Crippen LogP) is 4.13. The van der Waals surface area contributed by atoms with Crippen LogP contribution in [0.4, 0.5) is 17.3 Å². The molecule has 0 aliphatic heterocycles. The normalized spacial score (nSPS) is 10.2. The molecule has 0 aliphatic carbocycles. The fourth-order valence-corrected chi connectivity index (χ4v) is 2.30. The van der Waals surface area contributed by atoms with Crippen LogP contribution in [0.25, 0.3) is 0 Å². The van der Waals surface area contributed by atoms with Crippen LogP contribution in [0, 0.1) is 0 Å². The van der Waals surface area contributed by atoms with Crippen molar-refractivity contribution in [2.75, 3.05) is 17.7 Å². The molecule has 6 nitrogen and oxygen atoms in total. The molecule has 2 aromatic carbocycles. The number of carbonyl (C=O) groups is 1. The van der Waals surface area contributed by atoms with Crippen LogP contribution in [-0.2, 0) is 0 Å². The molecule has 0 saturated carbocycles. The van der Waals surface area contributed by atoms with E-state index in [1.807, 2.05) is 18.2 Å². The highest BCUT2D eigenvalue weighted by Gasteiger charge is 2.09. The van der Waals surface area contributed by atoms with E-state index < -0.39 is 0 Å². The zero-order valence-corrected chi connectivity index (χ0v) is 14.1. The standard InChI is InChI=1S/C18H15ClN4O2/c1-25-13-6-4-5-12(11-13)18(24)21-17-10-9-16(22-23-17)20-15-8-3-2-7-14(15)19/h2-11H,1H3,(H,20,22)(H,21,23,24). The molecule has 126 valence electrons. The van der Waals surface area contributed by atoms with Gasteiger partial charge in [0.1, 0.15) is 5.75 Å². The Bertz CT molecular complexity index is 884. The molecular formula is C18H15ClN4O2. The highest BCUT2D eigenvalue weighted by molar-refractivity contribution is 6.33. The van der Waals surface area contributed by atoms with Gasteiger partial charge in [-0.15, -0.1) is 10.2 Å². The number of nitrogens with one attached hydrogen (secondary N) is 2. The van der Waals surface area contributed by atoms with Gasteiger partial charge in [0.25, 0.3) is 5.91 Å². The van der Waals surface area contributed by atoms with Crippen molar-refractivity contribution in [3.63, 3.8) is 0 Å². The molecule has 0 fully saturated rings. The summed E-state index contributed by atoms with van der Waals surface area (Å²) in [5, 5.41) is 14.4. The number of benzene rings is 2. The molecule has 0 atom stereocenters. The first-order chi connectivity index (χ1) is 12.2. The van der Waals surface area contributed by atoms with Gasteiger partial charge in [0.05, 0.1) is 17.8 Å². The number of para-hydroxylation sites is 1. The van der Waals surface area contributed by atoms with Crippen molar-refractivity contribution in [2.45, 2.75) is 0 Å². The van der Waals surface area contributed by atoms with Crippen LogP contribution in [0.5, 0.6) is 5.75 Å². The third kappa shape index (κ3) is 4.24. The fourth-order valence-electron chi connectivity index (χ4n) is 2.12. The Kier molecular flexibility index (Phi) is 5.11. The summed E-state index contributed by atoms with van der Waals surface area (Å²) >= 11 is 6.09. The molecule has 1 amide bonds. The molecule has 3 aromatic rings. The zero-order valence-electron chi connectivity index (χ0n) is 13.4. The van der Waals surface area contributed by atoms with Crippen molar-refractivity contribution in [2.24, 2.45) is 0 Å². The summed E-state index contributed by atoms with van der Waals surface area (Å²) in [4.78, 5) is 12.2. The molecule has 0 radical (unpaired) electrons. The summed E-state index contributed by atoms with van der Waals surface area (Å²) in [5.41, 5.74) is 1.20. The molecule has 0 spiro atoms. The van der Waals surface area contributed by atoms with Gasteiger partial charge in [0.2, 0.25) is 0 Å². The van der Waals surface area contributed by atoms with E-state index in [4.69, 9.17) is 16.3 Å². The highest BCUT2D eigenvalue weighted by atomic mass is 35.5. The second-order valence-electron chi connectivity index (χ2n) is 5.09. The number of methoxy groups -OCH3 is 1. The summed E-state index contributed by atoms with van der Waals surface area (Å²) in [5.74, 6) is 1.18. The molecule has 7 heteroatoms. The minimum Gasteiger partial charge on any atom is -0.497 e. The van der Waals surface area contributed by atoms with Crippen LogP contribution in [-0.4, -0.2) is 23.2 Å². The van der Waals surface area contributed by atoms with Gasteiger partial charge in [0.15, 0.2) is 11.6 Å². The van der Waals surface area contributed by atoms with Crippen molar-refractivity contribution in [1.82, 2.24) is 10.2 Å².